The average molecular weight is 322 g/mol. The molecule has 0 amide bonds. The Morgan fingerprint density at radius 2 is 2.00 bits per heavy atom. The molecule has 0 fully saturated rings. The first-order valence-electron chi connectivity index (χ1n) is 6.92. The van der Waals surface area contributed by atoms with Gasteiger partial charge in [0.2, 0.25) is 0 Å². The van der Waals surface area contributed by atoms with Gasteiger partial charge in [0.1, 0.15) is 5.75 Å². The van der Waals surface area contributed by atoms with Gasteiger partial charge in [-0.1, -0.05) is 43.3 Å². The SMILES string of the molecule is COc1cccc(Sc2ccc(Cl)cc2CNC(C)C)c1. The smallest absolute Gasteiger partial charge is 0.119 e. The van der Waals surface area contributed by atoms with Crippen LogP contribution in [-0.4, -0.2) is 13.2 Å². The van der Waals surface area contributed by atoms with Crippen molar-refractivity contribution in [3.05, 3.63) is 53.1 Å². The fourth-order valence-corrected chi connectivity index (χ4v) is 3.06. The first-order chi connectivity index (χ1) is 10.1. The third-order valence-corrected chi connectivity index (χ3v) is 4.34. The van der Waals surface area contributed by atoms with Crippen LogP contribution in [0, 0.1) is 0 Å². The maximum absolute atomic E-state index is 6.13. The Bertz CT molecular complexity index is 601. The number of halogens is 1. The highest BCUT2D eigenvalue weighted by Gasteiger charge is 2.07. The number of nitrogens with one attached hydrogen (secondary N) is 1. The number of methoxy groups -OCH3 is 1. The minimum Gasteiger partial charge on any atom is -0.497 e. The summed E-state index contributed by atoms with van der Waals surface area (Å²) in [6.07, 6.45) is 0. The first-order valence-corrected chi connectivity index (χ1v) is 8.11. The average Bonchev–Trinajstić information content (AvgIpc) is 2.47. The summed E-state index contributed by atoms with van der Waals surface area (Å²) in [5.41, 5.74) is 1.21. The van der Waals surface area contributed by atoms with E-state index in [1.165, 1.54) is 10.5 Å². The molecule has 2 aromatic rings. The van der Waals surface area contributed by atoms with Crippen LogP contribution < -0.4 is 10.1 Å². The second kappa shape index (κ2) is 7.74. The molecule has 0 aliphatic rings. The molecule has 0 atom stereocenters. The van der Waals surface area contributed by atoms with E-state index in [1.807, 2.05) is 30.3 Å². The number of rotatable bonds is 6. The molecule has 0 heterocycles. The van der Waals surface area contributed by atoms with Crippen molar-refractivity contribution in [3.63, 3.8) is 0 Å². The van der Waals surface area contributed by atoms with Crippen molar-refractivity contribution in [2.45, 2.75) is 36.2 Å². The maximum Gasteiger partial charge on any atom is 0.119 e. The molecule has 0 saturated carbocycles. The number of benzene rings is 2. The maximum atomic E-state index is 6.13. The highest BCUT2D eigenvalue weighted by molar-refractivity contribution is 7.99. The van der Waals surface area contributed by atoms with Crippen LogP contribution in [0.5, 0.6) is 5.75 Å². The summed E-state index contributed by atoms with van der Waals surface area (Å²) in [6.45, 7) is 5.09. The Kier molecular flexibility index (Phi) is 5.97. The topological polar surface area (TPSA) is 21.3 Å². The van der Waals surface area contributed by atoms with E-state index in [-0.39, 0.29) is 0 Å². The molecule has 2 aromatic carbocycles. The van der Waals surface area contributed by atoms with E-state index in [1.54, 1.807) is 18.9 Å². The summed E-state index contributed by atoms with van der Waals surface area (Å²) in [5.74, 6) is 0.871. The van der Waals surface area contributed by atoms with Crippen molar-refractivity contribution in [2.24, 2.45) is 0 Å². The molecule has 0 aromatic heterocycles. The monoisotopic (exact) mass is 321 g/mol. The predicted octanol–water partition coefficient (Wildman–Crippen LogP) is 5.00. The first kappa shape index (κ1) is 16.2. The molecule has 21 heavy (non-hydrogen) atoms. The van der Waals surface area contributed by atoms with Gasteiger partial charge in [0.15, 0.2) is 0 Å². The summed E-state index contributed by atoms with van der Waals surface area (Å²) in [5, 5.41) is 4.21. The van der Waals surface area contributed by atoms with E-state index in [2.05, 4.69) is 31.3 Å². The number of hydrogen-bond acceptors (Lipinski definition) is 3. The van der Waals surface area contributed by atoms with E-state index >= 15 is 0 Å². The highest BCUT2D eigenvalue weighted by atomic mass is 35.5. The van der Waals surface area contributed by atoms with Crippen molar-refractivity contribution >= 4 is 23.4 Å². The molecular formula is C17H20ClNOS. The van der Waals surface area contributed by atoms with Gasteiger partial charge in [-0.05, 0) is 42.0 Å². The van der Waals surface area contributed by atoms with Crippen molar-refractivity contribution in [1.82, 2.24) is 5.32 Å². The van der Waals surface area contributed by atoms with Crippen molar-refractivity contribution in [2.75, 3.05) is 7.11 Å². The lowest BCUT2D eigenvalue weighted by molar-refractivity contribution is 0.413. The standard InChI is InChI=1S/C17H20ClNOS/c1-12(2)19-11-13-9-14(18)7-8-17(13)21-16-6-4-5-15(10-16)20-3/h4-10,12,19H,11H2,1-3H3. The number of ether oxygens (including phenoxy) is 1. The summed E-state index contributed by atoms with van der Waals surface area (Å²) in [7, 11) is 1.68. The van der Waals surface area contributed by atoms with Gasteiger partial charge in [-0.2, -0.15) is 0 Å². The Morgan fingerprint density at radius 3 is 2.71 bits per heavy atom. The van der Waals surface area contributed by atoms with Gasteiger partial charge < -0.3 is 10.1 Å². The van der Waals surface area contributed by atoms with Gasteiger partial charge in [-0.3, -0.25) is 0 Å². The normalized spacial score (nSPS) is 10.9. The quantitative estimate of drug-likeness (QED) is 0.809. The van der Waals surface area contributed by atoms with Crippen LogP contribution in [0.4, 0.5) is 0 Å². The van der Waals surface area contributed by atoms with Crippen LogP contribution >= 0.6 is 23.4 Å². The lowest BCUT2D eigenvalue weighted by Crippen LogP contribution is -2.22. The summed E-state index contributed by atoms with van der Waals surface area (Å²) in [4.78, 5) is 2.36. The fourth-order valence-electron chi connectivity index (χ4n) is 1.89. The van der Waals surface area contributed by atoms with Gasteiger partial charge >= 0.3 is 0 Å². The zero-order valence-electron chi connectivity index (χ0n) is 12.5. The molecule has 0 saturated heterocycles. The largest absolute Gasteiger partial charge is 0.497 e. The Balaban J connectivity index is 2.21. The number of hydrogen-bond donors (Lipinski definition) is 1. The lowest BCUT2D eigenvalue weighted by Gasteiger charge is -2.13. The van der Waals surface area contributed by atoms with Gasteiger partial charge in [0.25, 0.3) is 0 Å². The molecule has 112 valence electrons. The van der Waals surface area contributed by atoms with Gasteiger partial charge in [-0.15, -0.1) is 0 Å². The molecule has 2 nitrogen and oxygen atoms in total. The van der Waals surface area contributed by atoms with Crippen molar-refractivity contribution < 1.29 is 4.74 Å². The Morgan fingerprint density at radius 1 is 1.19 bits per heavy atom. The summed E-state index contributed by atoms with van der Waals surface area (Å²) < 4.78 is 5.27. The van der Waals surface area contributed by atoms with Crippen LogP contribution in [0.2, 0.25) is 5.02 Å². The van der Waals surface area contributed by atoms with Crippen molar-refractivity contribution in [3.8, 4) is 5.75 Å². The second-order valence-electron chi connectivity index (χ2n) is 5.07. The highest BCUT2D eigenvalue weighted by Crippen LogP contribution is 2.33. The fraction of sp³-hybridized carbons (Fsp3) is 0.294. The van der Waals surface area contributed by atoms with Gasteiger partial charge in [0.05, 0.1) is 7.11 Å². The van der Waals surface area contributed by atoms with Crippen molar-refractivity contribution in [1.29, 1.82) is 0 Å². The molecule has 0 bridgehead atoms. The third kappa shape index (κ3) is 4.95. The van der Waals surface area contributed by atoms with Crippen LogP contribution in [-0.2, 0) is 6.54 Å². The molecule has 1 N–H and O–H groups in total. The summed E-state index contributed by atoms with van der Waals surface area (Å²) in [6, 6.07) is 14.6. The molecule has 2 rings (SSSR count). The van der Waals surface area contributed by atoms with E-state index in [9.17, 15) is 0 Å². The zero-order chi connectivity index (χ0) is 15.2. The predicted molar refractivity (Wildman–Crippen MR) is 90.5 cm³/mol. The minimum absolute atomic E-state index is 0.443. The van der Waals surface area contributed by atoms with E-state index < -0.39 is 0 Å². The van der Waals surface area contributed by atoms with E-state index in [4.69, 9.17) is 16.3 Å². The molecule has 0 unspecified atom stereocenters. The van der Waals surface area contributed by atoms with E-state index in [0.717, 1.165) is 22.2 Å². The minimum atomic E-state index is 0.443. The Labute approximate surface area is 135 Å². The molecule has 0 radical (unpaired) electrons. The van der Waals surface area contributed by atoms with Crippen LogP contribution in [0.15, 0.2) is 52.3 Å². The van der Waals surface area contributed by atoms with Crippen LogP contribution in [0.1, 0.15) is 19.4 Å². The van der Waals surface area contributed by atoms with Gasteiger partial charge in [0, 0.05) is 27.4 Å². The molecular weight excluding hydrogens is 302 g/mol. The third-order valence-electron chi connectivity index (χ3n) is 2.99. The molecule has 0 aliphatic heterocycles. The molecule has 4 heteroatoms. The summed E-state index contributed by atoms with van der Waals surface area (Å²) >= 11 is 7.85. The van der Waals surface area contributed by atoms with Crippen LogP contribution in [0.25, 0.3) is 0 Å². The Hall–Kier alpha value is -1.16. The van der Waals surface area contributed by atoms with E-state index in [0.29, 0.717) is 6.04 Å². The van der Waals surface area contributed by atoms with Gasteiger partial charge in [-0.25, -0.2) is 0 Å². The van der Waals surface area contributed by atoms with Crippen LogP contribution in [0.3, 0.4) is 0 Å². The second-order valence-corrected chi connectivity index (χ2v) is 6.62. The zero-order valence-corrected chi connectivity index (χ0v) is 14.1. The molecule has 0 aliphatic carbocycles. The molecule has 0 spiro atoms. The lowest BCUT2D eigenvalue weighted by atomic mass is 10.2.